The molecule has 0 radical (unpaired) electrons. The van der Waals surface area contributed by atoms with Crippen LogP contribution < -0.4 is 0 Å². The van der Waals surface area contributed by atoms with Crippen LogP contribution >= 0.6 is 11.3 Å². The van der Waals surface area contributed by atoms with Crippen LogP contribution in [0, 0.1) is 11.8 Å². The lowest BCUT2D eigenvalue weighted by Gasteiger charge is -2.21. The second-order valence-corrected chi connectivity index (χ2v) is 7.16. The summed E-state index contributed by atoms with van der Waals surface area (Å²) in [5.41, 5.74) is 0. The highest BCUT2D eigenvalue weighted by molar-refractivity contribution is 7.12. The molecule has 21 heavy (non-hydrogen) atoms. The molecule has 1 atom stereocenters. The second kappa shape index (κ2) is 7.74. The molecule has 0 aromatic carbocycles. The molecule has 4 heteroatoms. The van der Waals surface area contributed by atoms with Gasteiger partial charge in [0.15, 0.2) is 5.78 Å². The van der Waals surface area contributed by atoms with Gasteiger partial charge in [0.25, 0.3) is 0 Å². The summed E-state index contributed by atoms with van der Waals surface area (Å²) in [5.74, 6) is 1.66. The summed E-state index contributed by atoms with van der Waals surface area (Å²) < 4.78 is 0. The first-order chi connectivity index (χ1) is 10.1. The fourth-order valence-corrected chi connectivity index (χ4v) is 3.67. The number of hydrogen-bond acceptors (Lipinski definition) is 3. The highest BCUT2D eigenvalue weighted by Crippen LogP contribution is 2.25. The summed E-state index contributed by atoms with van der Waals surface area (Å²) in [6.45, 7) is 6.24. The summed E-state index contributed by atoms with van der Waals surface area (Å²) >= 11 is 1.45. The molecule has 0 spiro atoms. The van der Waals surface area contributed by atoms with Gasteiger partial charge in [-0.25, -0.2) is 0 Å². The molecule has 0 N–H and O–H groups in total. The molecule has 1 aromatic rings. The molecular weight excluding hydrogens is 282 g/mol. The van der Waals surface area contributed by atoms with Gasteiger partial charge in [0, 0.05) is 25.9 Å². The van der Waals surface area contributed by atoms with Crippen molar-refractivity contribution in [3.63, 3.8) is 0 Å². The Bertz CT molecular complexity index is 467. The fraction of sp³-hybridized carbons (Fsp3) is 0.647. The van der Waals surface area contributed by atoms with Crippen molar-refractivity contribution in [3.05, 3.63) is 22.4 Å². The van der Waals surface area contributed by atoms with Crippen molar-refractivity contribution in [2.24, 2.45) is 11.8 Å². The molecule has 1 unspecified atom stereocenters. The van der Waals surface area contributed by atoms with Gasteiger partial charge in [0.2, 0.25) is 5.91 Å². The first kappa shape index (κ1) is 16.2. The summed E-state index contributed by atoms with van der Waals surface area (Å²) in [6.07, 6.45) is 4.10. The highest BCUT2D eigenvalue weighted by Gasteiger charge is 2.22. The summed E-state index contributed by atoms with van der Waals surface area (Å²) in [7, 11) is 0. The number of thiophene rings is 1. The minimum absolute atomic E-state index is 0.0910. The van der Waals surface area contributed by atoms with Gasteiger partial charge in [0.1, 0.15) is 0 Å². The standard InChI is InChI=1S/C17H25NO2S/c1-13(2)14-5-3-10-18(11-9-14)17(20)8-7-15(19)16-6-4-12-21-16/h4,6,12-14H,3,5,7-11H2,1-2H3. The van der Waals surface area contributed by atoms with Crippen molar-refractivity contribution >= 4 is 23.0 Å². The van der Waals surface area contributed by atoms with Gasteiger partial charge in [-0.2, -0.15) is 0 Å². The van der Waals surface area contributed by atoms with Crippen molar-refractivity contribution in [1.82, 2.24) is 4.90 Å². The maximum Gasteiger partial charge on any atom is 0.223 e. The van der Waals surface area contributed by atoms with Gasteiger partial charge in [-0.1, -0.05) is 19.9 Å². The Morgan fingerprint density at radius 2 is 2.10 bits per heavy atom. The molecule has 0 aliphatic carbocycles. The first-order valence-corrected chi connectivity index (χ1v) is 8.80. The third-order valence-corrected chi connectivity index (χ3v) is 5.34. The Morgan fingerprint density at radius 1 is 1.29 bits per heavy atom. The molecule has 2 heterocycles. The van der Waals surface area contributed by atoms with Gasteiger partial charge in [-0.3, -0.25) is 9.59 Å². The zero-order chi connectivity index (χ0) is 15.2. The molecule has 3 nitrogen and oxygen atoms in total. The van der Waals surface area contributed by atoms with E-state index < -0.39 is 0 Å². The van der Waals surface area contributed by atoms with Gasteiger partial charge in [-0.15, -0.1) is 11.3 Å². The molecule has 0 bridgehead atoms. The lowest BCUT2D eigenvalue weighted by Crippen LogP contribution is -2.32. The molecule has 2 rings (SSSR count). The van der Waals surface area contributed by atoms with E-state index in [9.17, 15) is 9.59 Å². The van der Waals surface area contributed by atoms with E-state index in [1.54, 1.807) is 0 Å². The maximum atomic E-state index is 12.3. The normalized spacial score (nSPS) is 19.6. The lowest BCUT2D eigenvalue weighted by atomic mass is 9.89. The van der Waals surface area contributed by atoms with Crippen LogP contribution in [0.5, 0.6) is 0 Å². The van der Waals surface area contributed by atoms with E-state index in [2.05, 4.69) is 13.8 Å². The average Bonchev–Trinajstić information content (AvgIpc) is 2.88. The number of carbonyl (C=O) groups excluding carboxylic acids is 2. The number of Topliss-reactive ketones (excluding diaryl/α,β-unsaturated/α-hetero) is 1. The molecule has 1 aliphatic heterocycles. The number of rotatable bonds is 5. The topological polar surface area (TPSA) is 37.4 Å². The molecular formula is C17H25NO2S. The van der Waals surface area contributed by atoms with Crippen LogP contribution in [0.3, 0.4) is 0 Å². The minimum Gasteiger partial charge on any atom is -0.343 e. The van der Waals surface area contributed by atoms with Crippen LogP contribution in [0.2, 0.25) is 0 Å². The largest absolute Gasteiger partial charge is 0.343 e. The van der Waals surface area contributed by atoms with E-state index in [-0.39, 0.29) is 11.7 Å². The summed E-state index contributed by atoms with van der Waals surface area (Å²) in [5, 5.41) is 1.90. The maximum absolute atomic E-state index is 12.3. The molecule has 1 fully saturated rings. The minimum atomic E-state index is 0.0910. The van der Waals surface area contributed by atoms with E-state index in [0.717, 1.165) is 36.7 Å². The van der Waals surface area contributed by atoms with E-state index >= 15 is 0 Å². The molecule has 116 valence electrons. The number of nitrogens with zero attached hydrogens (tertiary/aromatic N) is 1. The SMILES string of the molecule is CC(C)C1CCCN(C(=O)CCC(=O)c2cccs2)CC1. The van der Waals surface area contributed by atoms with Crippen molar-refractivity contribution in [3.8, 4) is 0 Å². The van der Waals surface area contributed by atoms with Gasteiger partial charge >= 0.3 is 0 Å². The zero-order valence-corrected chi connectivity index (χ0v) is 13.8. The van der Waals surface area contributed by atoms with Gasteiger partial charge < -0.3 is 4.90 Å². The van der Waals surface area contributed by atoms with E-state index in [1.807, 2.05) is 22.4 Å². The van der Waals surface area contributed by atoms with Gasteiger partial charge in [-0.05, 0) is 42.5 Å². The van der Waals surface area contributed by atoms with Crippen molar-refractivity contribution in [2.75, 3.05) is 13.1 Å². The van der Waals surface area contributed by atoms with Crippen LogP contribution in [0.4, 0.5) is 0 Å². The Morgan fingerprint density at radius 3 is 2.76 bits per heavy atom. The summed E-state index contributed by atoms with van der Waals surface area (Å²) in [4.78, 5) is 26.9. The number of amides is 1. The van der Waals surface area contributed by atoms with Crippen LogP contribution in [-0.4, -0.2) is 29.7 Å². The lowest BCUT2D eigenvalue weighted by molar-refractivity contribution is -0.131. The summed E-state index contributed by atoms with van der Waals surface area (Å²) in [6, 6.07) is 3.71. The van der Waals surface area contributed by atoms with Crippen molar-refractivity contribution in [2.45, 2.75) is 46.0 Å². The van der Waals surface area contributed by atoms with E-state index in [0.29, 0.717) is 18.8 Å². The molecule has 1 aromatic heterocycles. The van der Waals surface area contributed by atoms with Gasteiger partial charge in [0.05, 0.1) is 4.88 Å². The molecule has 1 saturated heterocycles. The predicted octanol–water partition coefficient (Wildman–Crippen LogP) is 4.00. The highest BCUT2D eigenvalue weighted by atomic mass is 32.1. The number of carbonyl (C=O) groups is 2. The Hall–Kier alpha value is -1.16. The van der Waals surface area contributed by atoms with Crippen LogP contribution in [0.1, 0.15) is 55.6 Å². The Kier molecular flexibility index (Phi) is 5.97. The fourth-order valence-electron chi connectivity index (χ4n) is 2.98. The molecule has 0 saturated carbocycles. The predicted molar refractivity (Wildman–Crippen MR) is 86.6 cm³/mol. The third-order valence-electron chi connectivity index (χ3n) is 4.43. The van der Waals surface area contributed by atoms with E-state index in [1.165, 1.54) is 17.8 Å². The molecule has 1 amide bonds. The van der Waals surface area contributed by atoms with Crippen LogP contribution in [0.15, 0.2) is 17.5 Å². The average molecular weight is 307 g/mol. The monoisotopic (exact) mass is 307 g/mol. The third kappa shape index (κ3) is 4.67. The smallest absolute Gasteiger partial charge is 0.223 e. The molecule has 1 aliphatic rings. The van der Waals surface area contributed by atoms with Crippen molar-refractivity contribution < 1.29 is 9.59 Å². The Labute approximate surface area is 131 Å². The zero-order valence-electron chi connectivity index (χ0n) is 13.0. The Balaban J connectivity index is 1.79. The number of ketones is 1. The van der Waals surface area contributed by atoms with Crippen molar-refractivity contribution in [1.29, 1.82) is 0 Å². The van der Waals surface area contributed by atoms with Crippen LogP contribution in [-0.2, 0) is 4.79 Å². The number of hydrogen-bond donors (Lipinski definition) is 0. The number of likely N-dealkylation sites (tertiary alicyclic amines) is 1. The first-order valence-electron chi connectivity index (χ1n) is 7.92. The quantitative estimate of drug-likeness (QED) is 0.771. The second-order valence-electron chi connectivity index (χ2n) is 6.22. The van der Waals surface area contributed by atoms with Crippen LogP contribution in [0.25, 0.3) is 0 Å². The van der Waals surface area contributed by atoms with E-state index in [4.69, 9.17) is 0 Å².